The largest absolute Gasteiger partial charge is 0.370 e. The molecule has 2 rings (SSSR count). The molecule has 0 radical (unpaired) electrons. The van der Waals surface area contributed by atoms with Crippen LogP contribution in [0.2, 0.25) is 0 Å². The number of carbonyl (C=O) groups is 1. The summed E-state index contributed by atoms with van der Waals surface area (Å²) in [5.41, 5.74) is 0. The van der Waals surface area contributed by atoms with Gasteiger partial charge in [-0.05, 0) is 26.7 Å². The first-order chi connectivity index (χ1) is 9.69. The van der Waals surface area contributed by atoms with Gasteiger partial charge >= 0.3 is 0 Å². The first kappa shape index (κ1) is 14.6. The highest BCUT2D eigenvalue weighted by atomic mass is 16.2. The lowest BCUT2D eigenvalue weighted by Gasteiger charge is -2.15. The number of aryl methyl sites for hydroxylation is 1. The second-order valence-corrected chi connectivity index (χ2v) is 4.98. The molecule has 1 fully saturated rings. The van der Waals surface area contributed by atoms with Crippen LogP contribution in [0.3, 0.4) is 0 Å². The molecule has 0 saturated carbocycles. The molecule has 1 aromatic rings. The van der Waals surface area contributed by atoms with Crippen LogP contribution in [0.4, 0.5) is 11.6 Å². The Bertz CT molecular complexity index is 457. The maximum atomic E-state index is 11.9. The number of nitrogens with zero attached hydrogens (tertiary/aromatic N) is 3. The summed E-state index contributed by atoms with van der Waals surface area (Å²) in [4.78, 5) is 22.5. The van der Waals surface area contributed by atoms with Crippen LogP contribution in [-0.4, -0.2) is 47.0 Å². The van der Waals surface area contributed by atoms with Crippen molar-refractivity contribution < 1.29 is 4.79 Å². The minimum Gasteiger partial charge on any atom is -0.370 e. The smallest absolute Gasteiger partial charge is 0.224 e. The van der Waals surface area contributed by atoms with E-state index in [0.717, 1.165) is 49.9 Å². The van der Waals surface area contributed by atoms with Crippen molar-refractivity contribution in [2.75, 3.05) is 36.8 Å². The molecule has 1 aromatic heterocycles. The fraction of sp³-hybridized carbons (Fsp3) is 0.643. The molecule has 110 valence electrons. The van der Waals surface area contributed by atoms with E-state index in [1.807, 2.05) is 24.8 Å². The maximum absolute atomic E-state index is 11.9. The van der Waals surface area contributed by atoms with E-state index in [0.29, 0.717) is 13.0 Å². The van der Waals surface area contributed by atoms with E-state index >= 15 is 0 Å². The van der Waals surface area contributed by atoms with Crippen LogP contribution in [0, 0.1) is 6.92 Å². The van der Waals surface area contributed by atoms with Gasteiger partial charge in [-0.2, -0.15) is 0 Å². The molecule has 1 amide bonds. The van der Waals surface area contributed by atoms with Crippen LogP contribution in [0.25, 0.3) is 0 Å². The molecular formula is C14H23N5O. The SMILES string of the molecule is CCNc1cc(NCCC(=O)N2CCCC2)nc(C)n1. The first-order valence-electron chi connectivity index (χ1n) is 7.30. The lowest BCUT2D eigenvalue weighted by Crippen LogP contribution is -2.29. The van der Waals surface area contributed by atoms with E-state index in [2.05, 4.69) is 20.6 Å². The number of nitrogens with one attached hydrogen (secondary N) is 2. The van der Waals surface area contributed by atoms with Crippen molar-refractivity contribution in [3.8, 4) is 0 Å². The molecule has 20 heavy (non-hydrogen) atoms. The third-order valence-corrected chi connectivity index (χ3v) is 3.30. The fourth-order valence-electron chi connectivity index (χ4n) is 2.35. The predicted octanol–water partition coefficient (Wildman–Crippen LogP) is 1.64. The highest BCUT2D eigenvalue weighted by Gasteiger charge is 2.17. The average molecular weight is 277 g/mol. The van der Waals surface area contributed by atoms with Crippen LogP contribution in [0.5, 0.6) is 0 Å². The summed E-state index contributed by atoms with van der Waals surface area (Å²) in [7, 11) is 0. The van der Waals surface area contributed by atoms with E-state index in [-0.39, 0.29) is 5.91 Å². The van der Waals surface area contributed by atoms with Crippen molar-refractivity contribution in [3.63, 3.8) is 0 Å². The van der Waals surface area contributed by atoms with Crippen molar-refractivity contribution >= 4 is 17.5 Å². The number of hydrogen-bond donors (Lipinski definition) is 2. The topological polar surface area (TPSA) is 70.2 Å². The Morgan fingerprint density at radius 3 is 2.55 bits per heavy atom. The fourth-order valence-corrected chi connectivity index (χ4v) is 2.35. The highest BCUT2D eigenvalue weighted by Crippen LogP contribution is 2.12. The summed E-state index contributed by atoms with van der Waals surface area (Å²) < 4.78 is 0. The molecule has 0 unspecified atom stereocenters. The normalized spacial score (nSPS) is 14.4. The molecule has 2 N–H and O–H groups in total. The van der Waals surface area contributed by atoms with Crippen LogP contribution in [-0.2, 0) is 4.79 Å². The molecule has 0 spiro atoms. The van der Waals surface area contributed by atoms with Gasteiger partial charge in [-0.3, -0.25) is 4.79 Å². The average Bonchev–Trinajstić information content (AvgIpc) is 2.92. The molecule has 1 saturated heterocycles. The summed E-state index contributed by atoms with van der Waals surface area (Å²) >= 11 is 0. The lowest BCUT2D eigenvalue weighted by molar-refractivity contribution is -0.129. The quantitative estimate of drug-likeness (QED) is 0.827. The molecule has 1 aliphatic rings. The monoisotopic (exact) mass is 277 g/mol. The molecule has 0 aliphatic carbocycles. The Hall–Kier alpha value is -1.85. The Balaban J connectivity index is 1.82. The van der Waals surface area contributed by atoms with E-state index in [1.54, 1.807) is 0 Å². The van der Waals surface area contributed by atoms with Crippen molar-refractivity contribution in [3.05, 3.63) is 11.9 Å². The van der Waals surface area contributed by atoms with Gasteiger partial charge in [-0.15, -0.1) is 0 Å². The second kappa shape index (κ2) is 7.07. The van der Waals surface area contributed by atoms with Gasteiger partial charge in [0.1, 0.15) is 17.5 Å². The van der Waals surface area contributed by atoms with E-state index in [1.165, 1.54) is 0 Å². The zero-order valence-corrected chi connectivity index (χ0v) is 12.3. The second-order valence-electron chi connectivity index (χ2n) is 4.98. The van der Waals surface area contributed by atoms with Crippen LogP contribution >= 0.6 is 0 Å². The number of amides is 1. The number of aromatic nitrogens is 2. The summed E-state index contributed by atoms with van der Waals surface area (Å²) in [6.07, 6.45) is 2.78. The van der Waals surface area contributed by atoms with Crippen molar-refractivity contribution in [1.29, 1.82) is 0 Å². The maximum Gasteiger partial charge on any atom is 0.224 e. The zero-order valence-electron chi connectivity index (χ0n) is 12.3. The van der Waals surface area contributed by atoms with Crippen molar-refractivity contribution in [2.45, 2.75) is 33.1 Å². The first-order valence-corrected chi connectivity index (χ1v) is 7.30. The summed E-state index contributed by atoms with van der Waals surface area (Å²) in [5, 5.41) is 6.37. The Labute approximate surface area is 120 Å². The van der Waals surface area contributed by atoms with Gasteiger partial charge in [0.25, 0.3) is 0 Å². The standard InChI is InChI=1S/C14H23N5O/c1-3-15-12-10-13(18-11(2)17-12)16-7-6-14(20)19-8-4-5-9-19/h10H,3-9H2,1-2H3,(H2,15,16,17,18). The minimum absolute atomic E-state index is 0.229. The van der Waals surface area contributed by atoms with Crippen LogP contribution in [0.15, 0.2) is 6.07 Å². The van der Waals surface area contributed by atoms with Gasteiger partial charge in [-0.1, -0.05) is 0 Å². The molecule has 6 heteroatoms. The van der Waals surface area contributed by atoms with Gasteiger partial charge < -0.3 is 15.5 Å². The zero-order chi connectivity index (χ0) is 14.4. The molecular weight excluding hydrogens is 254 g/mol. The third-order valence-electron chi connectivity index (χ3n) is 3.30. The molecule has 2 heterocycles. The summed E-state index contributed by atoms with van der Waals surface area (Å²) in [6, 6.07) is 1.87. The number of likely N-dealkylation sites (tertiary alicyclic amines) is 1. The molecule has 0 bridgehead atoms. The van der Waals surface area contributed by atoms with Gasteiger partial charge in [0.05, 0.1) is 0 Å². The summed E-state index contributed by atoms with van der Waals surface area (Å²) in [6.45, 7) is 7.15. The Kier molecular flexibility index (Phi) is 5.15. The van der Waals surface area contributed by atoms with Crippen molar-refractivity contribution in [2.24, 2.45) is 0 Å². The van der Waals surface area contributed by atoms with E-state index in [9.17, 15) is 4.79 Å². The number of hydrogen-bond acceptors (Lipinski definition) is 5. The molecule has 0 atom stereocenters. The van der Waals surface area contributed by atoms with E-state index < -0.39 is 0 Å². The van der Waals surface area contributed by atoms with Gasteiger partial charge in [-0.25, -0.2) is 9.97 Å². The van der Waals surface area contributed by atoms with E-state index in [4.69, 9.17) is 0 Å². The van der Waals surface area contributed by atoms with Gasteiger partial charge in [0.15, 0.2) is 0 Å². The highest BCUT2D eigenvalue weighted by molar-refractivity contribution is 5.76. The van der Waals surface area contributed by atoms with Gasteiger partial charge in [0.2, 0.25) is 5.91 Å². The Morgan fingerprint density at radius 2 is 1.90 bits per heavy atom. The van der Waals surface area contributed by atoms with Crippen LogP contribution in [0.1, 0.15) is 32.0 Å². The third kappa shape index (κ3) is 4.08. The van der Waals surface area contributed by atoms with Crippen molar-refractivity contribution in [1.82, 2.24) is 14.9 Å². The number of carbonyl (C=O) groups excluding carboxylic acids is 1. The predicted molar refractivity (Wildman–Crippen MR) is 79.9 cm³/mol. The lowest BCUT2D eigenvalue weighted by atomic mass is 10.3. The molecule has 0 aromatic carbocycles. The summed E-state index contributed by atoms with van der Waals surface area (Å²) in [5.74, 6) is 2.53. The van der Waals surface area contributed by atoms with Crippen LogP contribution < -0.4 is 10.6 Å². The molecule has 1 aliphatic heterocycles. The molecule has 6 nitrogen and oxygen atoms in total. The number of rotatable bonds is 6. The minimum atomic E-state index is 0.229. The van der Waals surface area contributed by atoms with Gasteiger partial charge in [0, 0.05) is 38.7 Å². The number of anilines is 2. The Morgan fingerprint density at radius 1 is 1.25 bits per heavy atom.